The zero-order chi connectivity index (χ0) is 19.6. The minimum Gasteiger partial charge on any atom is -0.508 e. The van der Waals surface area contributed by atoms with Crippen molar-refractivity contribution in [3.8, 4) is 11.5 Å². The van der Waals surface area contributed by atoms with E-state index in [2.05, 4.69) is 15.8 Å². The molecule has 0 saturated carbocycles. The first-order valence-electron chi connectivity index (χ1n) is 8.37. The zero-order valence-corrected chi connectivity index (χ0v) is 15.2. The first kappa shape index (κ1) is 19.7. The van der Waals surface area contributed by atoms with Crippen molar-refractivity contribution in [2.75, 3.05) is 13.7 Å². The van der Waals surface area contributed by atoms with Gasteiger partial charge < -0.3 is 20.6 Å². The minimum atomic E-state index is -0.469. The standard InChI is InChI=1S/C20H22N4O3/c1-3-27-17-10-6-15(7-11-17)18(21)12-19(22-2)20(26)24-23-13-14-4-8-16(25)9-5-14/h4-13,21-22,25H,3H2,1-2H3,(H,24,26)/b19-12-,21-18?,23-13+. The molecule has 7 nitrogen and oxygen atoms in total. The van der Waals surface area contributed by atoms with Crippen LogP contribution in [-0.4, -0.2) is 36.6 Å². The summed E-state index contributed by atoms with van der Waals surface area (Å²) < 4.78 is 5.38. The molecule has 0 aromatic heterocycles. The van der Waals surface area contributed by atoms with Crippen LogP contribution in [0.4, 0.5) is 0 Å². The Balaban J connectivity index is 2.01. The second-order valence-electron chi connectivity index (χ2n) is 5.47. The summed E-state index contributed by atoms with van der Waals surface area (Å²) in [7, 11) is 1.60. The van der Waals surface area contributed by atoms with Crippen molar-refractivity contribution in [3.05, 3.63) is 71.4 Å². The molecule has 0 heterocycles. The number of rotatable bonds is 8. The lowest BCUT2D eigenvalue weighted by Gasteiger charge is -2.07. The highest BCUT2D eigenvalue weighted by molar-refractivity contribution is 6.10. The summed E-state index contributed by atoms with van der Waals surface area (Å²) in [5.41, 5.74) is 4.17. The van der Waals surface area contributed by atoms with Gasteiger partial charge in [-0.05, 0) is 72.7 Å². The Labute approximate surface area is 157 Å². The van der Waals surface area contributed by atoms with Gasteiger partial charge in [0, 0.05) is 7.05 Å². The predicted octanol–water partition coefficient (Wildman–Crippen LogP) is 2.41. The van der Waals surface area contributed by atoms with E-state index in [0.29, 0.717) is 12.2 Å². The summed E-state index contributed by atoms with van der Waals surface area (Å²) in [5.74, 6) is 0.417. The SMILES string of the molecule is CCOc1ccc(C(=N)/C=C(\NC)C(=O)N/N=C/c2ccc(O)cc2)cc1. The van der Waals surface area contributed by atoms with Crippen LogP contribution < -0.4 is 15.5 Å². The molecule has 2 aromatic rings. The predicted molar refractivity (Wildman–Crippen MR) is 105 cm³/mol. The Kier molecular flexibility index (Phi) is 7.13. The molecule has 0 unspecified atom stereocenters. The molecule has 2 rings (SSSR count). The van der Waals surface area contributed by atoms with E-state index < -0.39 is 5.91 Å². The fraction of sp³-hybridized carbons (Fsp3) is 0.150. The van der Waals surface area contributed by atoms with E-state index in [0.717, 1.165) is 11.3 Å². The summed E-state index contributed by atoms with van der Waals surface area (Å²) in [6.45, 7) is 2.48. The Morgan fingerprint density at radius 1 is 1.19 bits per heavy atom. The topological polar surface area (TPSA) is 107 Å². The van der Waals surface area contributed by atoms with Gasteiger partial charge >= 0.3 is 0 Å². The molecular formula is C20H22N4O3. The number of phenolic OH excluding ortho intramolecular Hbond substituents is 1. The molecule has 4 N–H and O–H groups in total. The minimum absolute atomic E-state index is 0.157. The van der Waals surface area contributed by atoms with Gasteiger partial charge in [-0.1, -0.05) is 0 Å². The van der Waals surface area contributed by atoms with Crippen LogP contribution in [0, 0.1) is 5.41 Å². The number of aromatic hydroxyl groups is 1. The number of nitrogens with zero attached hydrogens (tertiary/aromatic N) is 1. The third-order valence-corrected chi connectivity index (χ3v) is 3.55. The van der Waals surface area contributed by atoms with Crippen molar-refractivity contribution in [1.82, 2.24) is 10.7 Å². The maximum Gasteiger partial charge on any atom is 0.287 e. The Morgan fingerprint density at radius 3 is 2.44 bits per heavy atom. The Bertz CT molecular complexity index is 841. The summed E-state index contributed by atoms with van der Waals surface area (Å²) >= 11 is 0. The molecule has 0 saturated heterocycles. The maximum absolute atomic E-state index is 12.2. The summed E-state index contributed by atoms with van der Waals surface area (Å²) in [6, 6.07) is 13.5. The van der Waals surface area contributed by atoms with E-state index in [1.54, 1.807) is 43.4 Å². The summed E-state index contributed by atoms with van der Waals surface area (Å²) in [6.07, 6.45) is 2.89. The van der Waals surface area contributed by atoms with E-state index in [1.807, 2.05) is 6.92 Å². The lowest BCUT2D eigenvalue weighted by Crippen LogP contribution is -2.27. The second kappa shape index (κ2) is 9.76. The van der Waals surface area contributed by atoms with Crippen LogP contribution >= 0.6 is 0 Å². The molecule has 0 aliphatic rings. The average Bonchev–Trinajstić information content (AvgIpc) is 2.68. The van der Waals surface area contributed by atoms with Crippen LogP contribution in [-0.2, 0) is 4.79 Å². The zero-order valence-electron chi connectivity index (χ0n) is 15.2. The van der Waals surface area contributed by atoms with Gasteiger partial charge in [-0.15, -0.1) is 0 Å². The molecule has 1 amide bonds. The van der Waals surface area contributed by atoms with Crippen LogP contribution in [0.5, 0.6) is 11.5 Å². The van der Waals surface area contributed by atoms with Gasteiger partial charge in [0.15, 0.2) is 0 Å². The Hall–Kier alpha value is -3.61. The number of hydrogen-bond acceptors (Lipinski definition) is 6. The van der Waals surface area contributed by atoms with E-state index in [9.17, 15) is 9.90 Å². The number of nitrogens with one attached hydrogen (secondary N) is 3. The first-order valence-corrected chi connectivity index (χ1v) is 8.37. The number of amides is 1. The lowest BCUT2D eigenvalue weighted by atomic mass is 10.1. The van der Waals surface area contributed by atoms with Crippen molar-refractivity contribution in [1.29, 1.82) is 5.41 Å². The van der Waals surface area contributed by atoms with E-state index >= 15 is 0 Å². The highest BCUT2D eigenvalue weighted by Crippen LogP contribution is 2.13. The third-order valence-electron chi connectivity index (χ3n) is 3.55. The van der Waals surface area contributed by atoms with Crippen LogP contribution in [0.15, 0.2) is 65.4 Å². The van der Waals surface area contributed by atoms with Gasteiger partial charge in [-0.25, -0.2) is 5.43 Å². The molecule has 0 fully saturated rings. The molecule has 0 bridgehead atoms. The maximum atomic E-state index is 12.2. The number of ether oxygens (including phenoxy) is 1. The molecule has 140 valence electrons. The number of carbonyl (C=O) groups is 1. The number of carbonyl (C=O) groups excluding carboxylic acids is 1. The Morgan fingerprint density at radius 2 is 1.85 bits per heavy atom. The first-order chi connectivity index (χ1) is 13.0. The molecule has 0 aliphatic heterocycles. The quantitative estimate of drug-likeness (QED) is 0.327. The molecule has 7 heteroatoms. The highest BCUT2D eigenvalue weighted by Gasteiger charge is 2.09. The fourth-order valence-corrected chi connectivity index (χ4v) is 2.16. The van der Waals surface area contributed by atoms with Gasteiger partial charge in [0.25, 0.3) is 5.91 Å². The van der Waals surface area contributed by atoms with Crippen molar-refractivity contribution < 1.29 is 14.6 Å². The molecule has 0 spiro atoms. The van der Waals surface area contributed by atoms with Crippen molar-refractivity contribution in [2.24, 2.45) is 5.10 Å². The van der Waals surface area contributed by atoms with E-state index in [1.165, 1.54) is 24.4 Å². The van der Waals surface area contributed by atoms with Crippen molar-refractivity contribution in [2.45, 2.75) is 6.92 Å². The molecule has 0 atom stereocenters. The van der Waals surface area contributed by atoms with Gasteiger partial charge in [0.05, 0.1) is 18.5 Å². The number of hydrazone groups is 1. The van der Waals surface area contributed by atoms with E-state index in [4.69, 9.17) is 10.1 Å². The van der Waals surface area contributed by atoms with Crippen LogP contribution in [0.2, 0.25) is 0 Å². The van der Waals surface area contributed by atoms with Crippen LogP contribution in [0.25, 0.3) is 0 Å². The van der Waals surface area contributed by atoms with E-state index in [-0.39, 0.29) is 17.2 Å². The summed E-state index contributed by atoms with van der Waals surface area (Å²) in [4.78, 5) is 12.2. The molecule has 27 heavy (non-hydrogen) atoms. The van der Waals surface area contributed by atoms with Crippen LogP contribution in [0.3, 0.4) is 0 Å². The average molecular weight is 366 g/mol. The van der Waals surface area contributed by atoms with Crippen LogP contribution in [0.1, 0.15) is 18.1 Å². The largest absolute Gasteiger partial charge is 0.508 e. The summed E-state index contributed by atoms with van der Waals surface area (Å²) in [5, 5.41) is 24.0. The van der Waals surface area contributed by atoms with Gasteiger partial charge in [0.2, 0.25) is 0 Å². The van der Waals surface area contributed by atoms with Gasteiger partial charge in [-0.2, -0.15) is 5.10 Å². The number of phenols is 1. The monoisotopic (exact) mass is 366 g/mol. The number of allylic oxidation sites excluding steroid dienone is 1. The lowest BCUT2D eigenvalue weighted by molar-refractivity contribution is -0.117. The second-order valence-corrected chi connectivity index (χ2v) is 5.47. The molecule has 2 aromatic carbocycles. The number of likely N-dealkylation sites (N-methyl/N-ethyl adjacent to an activating group) is 1. The third kappa shape index (κ3) is 6.00. The smallest absolute Gasteiger partial charge is 0.287 e. The number of benzene rings is 2. The fourth-order valence-electron chi connectivity index (χ4n) is 2.16. The number of hydrogen-bond donors (Lipinski definition) is 4. The normalized spacial score (nSPS) is 11.3. The molecular weight excluding hydrogens is 344 g/mol. The van der Waals surface area contributed by atoms with Gasteiger partial charge in [-0.3, -0.25) is 4.79 Å². The highest BCUT2D eigenvalue weighted by atomic mass is 16.5. The van der Waals surface area contributed by atoms with Gasteiger partial charge in [0.1, 0.15) is 17.2 Å². The molecule has 0 aliphatic carbocycles. The molecule has 0 radical (unpaired) electrons. The van der Waals surface area contributed by atoms with Crippen molar-refractivity contribution in [3.63, 3.8) is 0 Å². The van der Waals surface area contributed by atoms with Crippen molar-refractivity contribution >= 4 is 17.8 Å².